The second kappa shape index (κ2) is 11.0. The summed E-state index contributed by atoms with van der Waals surface area (Å²) < 4.78 is 26.6. The summed E-state index contributed by atoms with van der Waals surface area (Å²) in [7, 11) is -3.19. The Morgan fingerprint density at radius 1 is 1.07 bits per heavy atom. The molecule has 0 unspecified atom stereocenters. The highest BCUT2D eigenvalue weighted by Gasteiger charge is 2.27. The van der Waals surface area contributed by atoms with Crippen molar-refractivity contribution in [2.24, 2.45) is 4.99 Å². The molecule has 2 aliphatic heterocycles. The van der Waals surface area contributed by atoms with Crippen LogP contribution >= 0.6 is 11.8 Å². The number of sulfonamides is 1. The number of likely N-dealkylation sites (tertiary alicyclic amines) is 1. The van der Waals surface area contributed by atoms with Crippen LogP contribution in [-0.2, 0) is 10.0 Å². The molecule has 2 saturated heterocycles. The first-order chi connectivity index (χ1) is 13.6. The van der Waals surface area contributed by atoms with Crippen LogP contribution in [0.15, 0.2) is 4.99 Å². The first-order valence-corrected chi connectivity index (χ1v) is 13.7. The number of thioether (sulfide) groups is 1. The minimum absolute atomic E-state index is 0.0916. The fraction of sp³-hybridized carbons (Fsp3) is 0.947. The second-order valence-electron chi connectivity index (χ2n) is 7.98. The van der Waals surface area contributed by atoms with Crippen molar-refractivity contribution >= 4 is 27.7 Å². The quantitative estimate of drug-likeness (QED) is 0.468. The van der Waals surface area contributed by atoms with E-state index in [1.807, 2.05) is 18.7 Å². The summed E-state index contributed by atoms with van der Waals surface area (Å²) in [4.78, 5) is 7.22. The van der Waals surface area contributed by atoms with Crippen LogP contribution in [0.5, 0.6) is 0 Å². The number of hydrogen-bond donors (Lipinski definition) is 2. The number of nitrogens with zero attached hydrogens (tertiary/aromatic N) is 3. The van der Waals surface area contributed by atoms with Crippen LogP contribution in [0.3, 0.4) is 0 Å². The smallest absolute Gasteiger partial charge is 0.215 e. The fourth-order valence-electron chi connectivity index (χ4n) is 4.42. The Morgan fingerprint density at radius 2 is 1.75 bits per heavy atom. The van der Waals surface area contributed by atoms with Crippen molar-refractivity contribution in [3.63, 3.8) is 0 Å². The lowest BCUT2D eigenvalue weighted by Gasteiger charge is -2.36. The van der Waals surface area contributed by atoms with Crippen molar-refractivity contribution in [2.45, 2.75) is 57.5 Å². The predicted octanol–water partition coefficient (Wildman–Crippen LogP) is 1.33. The van der Waals surface area contributed by atoms with Crippen molar-refractivity contribution in [3.05, 3.63) is 0 Å². The molecule has 0 aromatic carbocycles. The Morgan fingerprint density at radius 3 is 2.39 bits per heavy atom. The molecule has 9 heteroatoms. The summed E-state index contributed by atoms with van der Waals surface area (Å²) in [5, 5.41) is 6.81. The molecular formula is C19H37N5O2S2. The zero-order chi connectivity index (χ0) is 19.8. The molecule has 3 aliphatic rings. The normalized spacial score (nSPS) is 24.5. The monoisotopic (exact) mass is 431 g/mol. The molecule has 0 radical (unpaired) electrons. The minimum atomic E-state index is -3.19. The predicted molar refractivity (Wildman–Crippen MR) is 119 cm³/mol. The molecule has 0 aromatic heterocycles. The number of rotatable bonds is 7. The van der Waals surface area contributed by atoms with E-state index in [0.29, 0.717) is 25.7 Å². The largest absolute Gasteiger partial charge is 0.357 e. The van der Waals surface area contributed by atoms with E-state index in [-0.39, 0.29) is 5.75 Å². The maximum absolute atomic E-state index is 12.5. The highest BCUT2D eigenvalue weighted by Crippen LogP contribution is 2.26. The molecule has 162 valence electrons. The molecule has 0 aromatic rings. The molecular weight excluding hydrogens is 394 g/mol. The van der Waals surface area contributed by atoms with E-state index in [1.165, 1.54) is 25.7 Å². The number of nitrogens with one attached hydrogen (secondary N) is 2. The van der Waals surface area contributed by atoms with E-state index >= 15 is 0 Å². The zero-order valence-electron chi connectivity index (χ0n) is 17.2. The summed E-state index contributed by atoms with van der Waals surface area (Å²) in [5.41, 5.74) is 0. The van der Waals surface area contributed by atoms with Gasteiger partial charge in [-0.25, -0.2) is 12.7 Å². The maximum Gasteiger partial charge on any atom is 0.215 e. The molecule has 0 bridgehead atoms. The van der Waals surface area contributed by atoms with Gasteiger partial charge in [0.1, 0.15) is 0 Å². The van der Waals surface area contributed by atoms with Crippen LogP contribution in [0.1, 0.15) is 45.4 Å². The molecule has 2 heterocycles. The van der Waals surface area contributed by atoms with E-state index in [1.54, 1.807) is 4.31 Å². The molecule has 28 heavy (non-hydrogen) atoms. The van der Waals surface area contributed by atoms with Crippen molar-refractivity contribution in [3.8, 4) is 0 Å². The average molecular weight is 432 g/mol. The van der Waals surface area contributed by atoms with Gasteiger partial charge in [0.15, 0.2) is 5.96 Å². The maximum atomic E-state index is 12.5. The Kier molecular flexibility index (Phi) is 8.74. The number of piperidine rings is 1. The molecule has 2 N–H and O–H groups in total. The van der Waals surface area contributed by atoms with Gasteiger partial charge in [0.25, 0.3) is 0 Å². The van der Waals surface area contributed by atoms with Gasteiger partial charge < -0.3 is 15.5 Å². The first kappa shape index (κ1) is 22.2. The summed E-state index contributed by atoms with van der Waals surface area (Å²) in [5.74, 6) is 2.64. The number of hydrogen-bond acceptors (Lipinski definition) is 5. The molecule has 1 saturated carbocycles. The average Bonchev–Trinajstić information content (AvgIpc) is 3.24. The van der Waals surface area contributed by atoms with E-state index < -0.39 is 10.0 Å². The van der Waals surface area contributed by atoms with Gasteiger partial charge in [-0.1, -0.05) is 12.8 Å². The van der Waals surface area contributed by atoms with Gasteiger partial charge in [-0.3, -0.25) is 4.99 Å². The standard InChI is InChI=1S/C19H37N5O2S2/c1-2-20-19(21-9-16-28(25,26)24-12-14-27-15-13-24)22-17-7-10-23(11-8-17)18-5-3-4-6-18/h17-18H,2-16H2,1H3,(H2,20,21,22). The third-order valence-electron chi connectivity index (χ3n) is 6.04. The topological polar surface area (TPSA) is 77.0 Å². The number of guanidine groups is 1. The summed E-state index contributed by atoms with van der Waals surface area (Å²) >= 11 is 1.82. The Bertz CT molecular complexity index is 593. The molecule has 3 rings (SSSR count). The van der Waals surface area contributed by atoms with Crippen molar-refractivity contribution < 1.29 is 8.42 Å². The van der Waals surface area contributed by atoms with Gasteiger partial charge in [-0.05, 0) is 32.6 Å². The lowest BCUT2D eigenvalue weighted by Crippen LogP contribution is -2.50. The van der Waals surface area contributed by atoms with Crippen LogP contribution in [0.4, 0.5) is 0 Å². The first-order valence-electron chi connectivity index (χ1n) is 10.9. The summed E-state index contributed by atoms with van der Waals surface area (Å²) in [6.45, 7) is 6.71. The van der Waals surface area contributed by atoms with Gasteiger partial charge in [0, 0.05) is 56.3 Å². The van der Waals surface area contributed by atoms with Crippen LogP contribution in [0.25, 0.3) is 0 Å². The lowest BCUT2D eigenvalue weighted by atomic mass is 10.0. The van der Waals surface area contributed by atoms with Crippen LogP contribution in [0.2, 0.25) is 0 Å². The zero-order valence-corrected chi connectivity index (χ0v) is 18.9. The molecule has 1 aliphatic carbocycles. The lowest BCUT2D eigenvalue weighted by molar-refractivity contribution is 0.150. The van der Waals surface area contributed by atoms with Gasteiger partial charge in [0.05, 0.1) is 12.3 Å². The van der Waals surface area contributed by atoms with Crippen molar-refractivity contribution in [1.29, 1.82) is 0 Å². The third kappa shape index (κ3) is 6.50. The second-order valence-corrected chi connectivity index (χ2v) is 11.3. The van der Waals surface area contributed by atoms with Crippen LogP contribution in [-0.4, -0.2) is 92.2 Å². The van der Waals surface area contributed by atoms with Crippen molar-refractivity contribution in [2.75, 3.05) is 56.5 Å². The molecule has 0 spiro atoms. The highest BCUT2D eigenvalue weighted by molar-refractivity contribution is 7.99. The van der Waals surface area contributed by atoms with Gasteiger partial charge >= 0.3 is 0 Å². The van der Waals surface area contributed by atoms with Crippen LogP contribution in [0, 0.1) is 0 Å². The summed E-state index contributed by atoms with van der Waals surface area (Å²) in [6, 6.07) is 1.23. The van der Waals surface area contributed by atoms with Gasteiger partial charge in [-0.15, -0.1) is 0 Å². The van der Waals surface area contributed by atoms with Gasteiger partial charge in [-0.2, -0.15) is 11.8 Å². The van der Waals surface area contributed by atoms with Crippen molar-refractivity contribution in [1.82, 2.24) is 19.8 Å². The minimum Gasteiger partial charge on any atom is -0.357 e. The highest BCUT2D eigenvalue weighted by atomic mass is 32.2. The van der Waals surface area contributed by atoms with Gasteiger partial charge in [0.2, 0.25) is 10.0 Å². The third-order valence-corrected chi connectivity index (χ3v) is 8.83. The van der Waals surface area contributed by atoms with E-state index in [9.17, 15) is 8.42 Å². The molecule has 0 atom stereocenters. The molecule has 7 nitrogen and oxygen atoms in total. The van der Waals surface area contributed by atoms with E-state index in [2.05, 4.69) is 20.5 Å². The number of aliphatic imine (C=N–C) groups is 1. The van der Waals surface area contributed by atoms with E-state index in [4.69, 9.17) is 0 Å². The summed E-state index contributed by atoms with van der Waals surface area (Å²) in [6.07, 6.45) is 7.77. The van der Waals surface area contributed by atoms with Crippen LogP contribution < -0.4 is 10.6 Å². The van der Waals surface area contributed by atoms with E-state index in [0.717, 1.165) is 56.0 Å². The fourth-order valence-corrected chi connectivity index (χ4v) is 6.87. The Labute approximate surface area is 175 Å². The Hall–Kier alpha value is -0.510. The molecule has 3 fully saturated rings. The SMILES string of the molecule is CCNC(=NCCS(=O)(=O)N1CCSCC1)NC1CCN(C2CCCC2)CC1. The molecule has 0 amide bonds. The Balaban J connectivity index is 1.45.